The van der Waals surface area contributed by atoms with Crippen LogP contribution >= 0.6 is 23.6 Å². The molecule has 17 heavy (non-hydrogen) atoms. The van der Waals surface area contributed by atoms with Crippen LogP contribution in [0.25, 0.3) is 10.2 Å². The Morgan fingerprint density at radius 2 is 2.24 bits per heavy atom. The standard InChI is InChI=1S/C11H11N3OS2/c1-6-3-4-8-9(5-6)17-11(13-8)14-10(16)12-7(2)15/h3-5H,1-2H3,(H2,12,13,14,15,16). The zero-order valence-electron chi connectivity index (χ0n) is 9.40. The zero-order valence-corrected chi connectivity index (χ0v) is 11.0. The first-order chi connectivity index (χ1) is 8.04. The zero-order chi connectivity index (χ0) is 12.4. The molecule has 88 valence electrons. The number of anilines is 1. The van der Waals surface area contributed by atoms with Crippen LogP contribution in [0.3, 0.4) is 0 Å². The number of nitrogens with one attached hydrogen (secondary N) is 2. The highest BCUT2D eigenvalue weighted by molar-refractivity contribution is 7.80. The van der Waals surface area contributed by atoms with Crippen LogP contribution in [0.15, 0.2) is 18.2 Å². The number of aromatic nitrogens is 1. The van der Waals surface area contributed by atoms with Gasteiger partial charge in [0.05, 0.1) is 10.2 Å². The molecule has 0 bridgehead atoms. The predicted octanol–water partition coefficient (Wildman–Crippen LogP) is 2.44. The van der Waals surface area contributed by atoms with Crippen molar-refractivity contribution in [3.05, 3.63) is 23.8 Å². The van der Waals surface area contributed by atoms with Gasteiger partial charge in [0.15, 0.2) is 10.2 Å². The number of fused-ring (bicyclic) bond motifs is 1. The first-order valence-electron chi connectivity index (χ1n) is 5.00. The fourth-order valence-corrected chi connectivity index (χ4v) is 2.65. The minimum atomic E-state index is -0.195. The third-order valence-electron chi connectivity index (χ3n) is 2.05. The molecule has 0 radical (unpaired) electrons. The van der Waals surface area contributed by atoms with E-state index in [0.29, 0.717) is 5.13 Å². The van der Waals surface area contributed by atoms with E-state index in [0.717, 1.165) is 10.2 Å². The molecule has 0 saturated carbocycles. The van der Waals surface area contributed by atoms with E-state index in [1.807, 2.05) is 19.1 Å². The highest BCUT2D eigenvalue weighted by Crippen LogP contribution is 2.26. The van der Waals surface area contributed by atoms with E-state index in [1.54, 1.807) is 0 Å². The number of carbonyl (C=O) groups is 1. The van der Waals surface area contributed by atoms with E-state index in [2.05, 4.69) is 21.7 Å². The molecule has 1 aromatic carbocycles. The molecule has 0 saturated heterocycles. The van der Waals surface area contributed by atoms with Gasteiger partial charge in [-0.15, -0.1) is 0 Å². The summed E-state index contributed by atoms with van der Waals surface area (Å²) in [4.78, 5) is 15.2. The largest absolute Gasteiger partial charge is 0.308 e. The van der Waals surface area contributed by atoms with Gasteiger partial charge in [-0.1, -0.05) is 17.4 Å². The summed E-state index contributed by atoms with van der Waals surface area (Å²) in [6.45, 7) is 3.45. The van der Waals surface area contributed by atoms with Gasteiger partial charge in [0.25, 0.3) is 0 Å². The molecular weight excluding hydrogens is 254 g/mol. The van der Waals surface area contributed by atoms with Crippen LogP contribution in [0.5, 0.6) is 0 Å². The number of rotatable bonds is 1. The number of hydrogen-bond acceptors (Lipinski definition) is 4. The Morgan fingerprint density at radius 3 is 2.94 bits per heavy atom. The third-order valence-corrected chi connectivity index (χ3v) is 3.19. The molecule has 1 heterocycles. The van der Waals surface area contributed by atoms with Crippen molar-refractivity contribution in [2.24, 2.45) is 0 Å². The van der Waals surface area contributed by atoms with Crippen molar-refractivity contribution in [2.45, 2.75) is 13.8 Å². The summed E-state index contributed by atoms with van der Waals surface area (Å²) in [5.41, 5.74) is 2.12. The van der Waals surface area contributed by atoms with E-state index < -0.39 is 0 Å². The Hall–Kier alpha value is -1.53. The summed E-state index contributed by atoms with van der Waals surface area (Å²) < 4.78 is 1.10. The van der Waals surface area contributed by atoms with E-state index in [1.165, 1.54) is 23.8 Å². The summed E-state index contributed by atoms with van der Waals surface area (Å²) >= 11 is 6.47. The van der Waals surface area contributed by atoms with Gasteiger partial charge >= 0.3 is 0 Å². The summed E-state index contributed by atoms with van der Waals surface area (Å²) in [6.07, 6.45) is 0. The molecule has 1 aromatic heterocycles. The molecule has 0 aliphatic carbocycles. The van der Waals surface area contributed by atoms with Gasteiger partial charge in [0.1, 0.15) is 0 Å². The number of amides is 1. The minimum absolute atomic E-state index is 0.195. The lowest BCUT2D eigenvalue weighted by Gasteiger charge is -2.03. The van der Waals surface area contributed by atoms with Crippen molar-refractivity contribution in [1.82, 2.24) is 10.3 Å². The molecular formula is C11H11N3OS2. The quantitative estimate of drug-likeness (QED) is 0.778. The molecule has 1 amide bonds. The van der Waals surface area contributed by atoms with E-state index >= 15 is 0 Å². The summed E-state index contributed by atoms with van der Waals surface area (Å²) in [6, 6.07) is 6.05. The smallest absolute Gasteiger partial charge is 0.222 e. The lowest BCUT2D eigenvalue weighted by molar-refractivity contribution is -0.117. The summed E-state index contributed by atoms with van der Waals surface area (Å²) in [7, 11) is 0. The Labute approximate surface area is 108 Å². The molecule has 0 fully saturated rings. The second-order valence-electron chi connectivity index (χ2n) is 3.63. The molecule has 6 heteroatoms. The number of carbonyl (C=O) groups excluding carboxylic acids is 1. The second kappa shape index (κ2) is 4.77. The van der Waals surface area contributed by atoms with Crippen LogP contribution < -0.4 is 10.6 Å². The number of aryl methyl sites for hydroxylation is 1. The summed E-state index contributed by atoms with van der Waals surface area (Å²) in [5.74, 6) is -0.195. The fraction of sp³-hybridized carbons (Fsp3) is 0.182. The van der Waals surface area contributed by atoms with Crippen molar-refractivity contribution in [2.75, 3.05) is 5.32 Å². The maximum Gasteiger partial charge on any atom is 0.222 e. The Bertz CT molecular complexity index is 591. The van der Waals surface area contributed by atoms with Crippen LogP contribution in [-0.4, -0.2) is 16.0 Å². The molecule has 4 nitrogen and oxygen atoms in total. The van der Waals surface area contributed by atoms with Gasteiger partial charge in [-0.2, -0.15) is 0 Å². The lowest BCUT2D eigenvalue weighted by atomic mass is 10.2. The summed E-state index contributed by atoms with van der Waals surface area (Å²) in [5, 5.41) is 6.34. The van der Waals surface area contributed by atoms with Crippen LogP contribution in [-0.2, 0) is 4.79 Å². The Morgan fingerprint density at radius 1 is 1.47 bits per heavy atom. The van der Waals surface area contributed by atoms with Crippen molar-refractivity contribution >= 4 is 49.9 Å². The number of nitrogens with zero attached hydrogens (tertiary/aromatic N) is 1. The van der Waals surface area contributed by atoms with Crippen LogP contribution in [0.4, 0.5) is 5.13 Å². The van der Waals surface area contributed by atoms with Crippen molar-refractivity contribution in [3.8, 4) is 0 Å². The highest BCUT2D eigenvalue weighted by Gasteiger charge is 2.06. The molecule has 2 rings (SSSR count). The first-order valence-corrected chi connectivity index (χ1v) is 6.23. The van der Waals surface area contributed by atoms with E-state index in [9.17, 15) is 4.79 Å². The Balaban J connectivity index is 2.19. The van der Waals surface area contributed by atoms with Crippen LogP contribution in [0, 0.1) is 6.92 Å². The van der Waals surface area contributed by atoms with Gasteiger partial charge in [-0.25, -0.2) is 4.98 Å². The number of thiocarbonyl (C=S) groups is 1. The van der Waals surface area contributed by atoms with Crippen molar-refractivity contribution < 1.29 is 4.79 Å². The van der Waals surface area contributed by atoms with Crippen molar-refractivity contribution in [1.29, 1.82) is 0 Å². The third kappa shape index (κ3) is 2.98. The predicted molar refractivity (Wildman–Crippen MR) is 74.4 cm³/mol. The SMILES string of the molecule is CC(=O)NC(=S)Nc1nc2ccc(C)cc2s1. The van der Waals surface area contributed by atoms with Crippen LogP contribution in [0.1, 0.15) is 12.5 Å². The second-order valence-corrected chi connectivity index (χ2v) is 5.06. The number of hydrogen-bond donors (Lipinski definition) is 2. The normalized spacial score (nSPS) is 10.2. The molecule has 0 aliphatic rings. The van der Waals surface area contributed by atoms with E-state index in [4.69, 9.17) is 12.2 Å². The number of thiazole rings is 1. The van der Waals surface area contributed by atoms with Crippen molar-refractivity contribution in [3.63, 3.8) is 0 Å². The molecule has 0 unspecified atom stereocenters. The number of benzene rings is 1. The van der Waals surface area contributed by atoms with Gasteiger partial charge in [0.2, 0.25) is 5.91 Å². The maximum atomic E-state index is 10.8. The van der Waals surface area contributed by atoms with E-state index in [-0.39, 0.29) is 11.0 Å². The highest BCUT2D eigenvalue weighted by atomic mass is 32.1. The first kappa shape index (κ1) is 11.9. The van der Waals surface area contributed by atoms with Gasteiger partial charge in [0, 0.05) is 6.92 Å². The topological polar surface area (TPSA) is 54.0 Å². The van der Waals surface area contributed by atoms with Crippen LogP contribution in [0.2, 0.25) is 0 Å². The minimum Gasteiger partial charge on any atom is -0.308 e. The van der Waals surface area contributed by atoms with Gasteiger partial charge in [-0.05, 0) is 36.8 Å². The molecule has 2 aromatic rings. The van der Waals surface area contributed by atoms with Gasteiger partial charge in [-0.3, -0.25) is 4.79 Å². The Kier molecular flexibility index (Phi) is 3.35. The average molecular weight is 265 g/mol. The molecule has 2 N–H and O–H groups in total. The average Bonchev–Trinajstić information content (AvgIpc) is 2.57. The molecule has 0 spiro atoms. The van der Waals surface area contributed by atoms with Gasteiger partial charge < -0.3 is 10.6 Å². The maximum absolute atomic E-state index is 10.8. The fourth-order valence-electron chi connectivity index (χ4n) is 1.37. The monoisotopic (exact) mass is 265 g/mol. The molecule has 0 atom stereocenters. The molecule has 0 aliphatic heterocycles. The lowest BCUT2D eigenvalue weighted by Crippen LogP contribution is -2.32.